The van der Waals surface area contributed by atoms with Crippen LogP contribution in [0.2, 0.25) is 0 Å². The number of hydrogen-bond acceptors (Lipinski definition) is 5. The van der Waals surface area contributed by atoms with E-state index in [9.17, 15) is 5.11 Å². The Balaban J connectivity index is 1.28. The van der Waals surface area contributed by atoms with Crippen molar-refractivity contribution in [2.45, 2.75) is 63.1 Å². The van der Waals surface area contributed by atoms with E-state index in [0.717, 1.165) is 25.2 Å². The maximum absolute atomic E-state index is 10.5. The van der Waals surface area contributed by atoms with Crippen LogP contribution in [0.15, 0.2) is 48.5 Å². The molecule has 1 atom stereocenters. The van der Waals surface area contributed by atoms with Crippen molar-refractivity contribution in [1.29, 1.82) is 0 Å². The summed E-state index contributed by atoms with van der Waals surface area (Å²) in [6, 6.07) is 16.8. The van der Waals surface area contributed by atoms with Crippen LogP contribution in [0.1, 0.15) is 56.1 Å². The monoisotopic (exact) mass is 438 g/mol. The summed E-state index contributed by atoms with van der Waals surface area (Å²) in [4.78, 5) is 2.37. The highest BCUT2D eigenvalue weighted by Crippen LogP contribution is 2.45. The van der Waals surface area contributed by atoms with Crippen LogP contribution in [0.4, 0.5) is 0 Å². The number of rotatable bonds is 10. The molecule has 0 amide bonds. The molecule has 1 saturated carbocycles. The molecule has 0 bridgehead atoms. The molecule has 0 unspecified atom stereocenters. The molecule has 0 aromatic heterocycles. The fourth-order valence-electron chi connectivity index (χ4n) is 4.69. The highest BCUT2D eigenvalue weighted by atomic mass is 16.5. The summed E-state index contributed by atoms with van der Waals surface area (Å²) in [6.07, 6.45) is 8.24. The Morgan fingerprint density at radius 2 is 1.69 bits per heavy atom. The minimum Gasteiger partial charge on any atom is -0.493 e. The van der Waals surface area contributed by atoms with Crippen LogP contribution < -0.4 is 14.8 Å². The number of ether oxygens (including phenoxy) is 2. The fourth-order valence-corrected chi connectivity index (χ4v) is 4.69. The minimum atomic E-state index is -0.499. The van der Waals surface area contributed by atoms with Crippen molar-refractivity contribution in [3.05, 3.63) is 59.7 Å². The zero-order valence-electron chi connectivity index (χ0n) is 19.4. The van der Waals surface area contributed by atoms with Gasteiger partial charge >= 0.3 is 0 Å². The molecule has 0 radical (unpaired) electrons. The predicted octanol–water partition coefficient (Wildman–Crippen LogP) is 4.48. The van der Waals surface area contributed by atoms with Crippen LogP contribution in [0.3, 0.4) is 0 Å². The fraction of sp³-hybridized carbons (Fsp3) is 0.556. The quantitative estimate of drug-likeness (QED) is 0.573. The number of likely N-dealkylation sites (tertiary alicyclic amines) is 1. The van der Waals surface area contributed by atoms with E-state index in [2.05, 4.69) is 46.6 Å². The summed E-state index contributed by atoms with van der Waals surface area (Å²) in [7, 11) is 1.67. The topological polar surface area (TPSA) is 54.0 Å². The third kappa shape index (κ3) is 6.25. The third-order valence-corrected chi connectivity index (χ3v) is 6.78. The Bertz CT molecular complexity index is 830. The van der Waals surface area contributed by atoms with Gasteiger partial charge in [0.05, 0.1) is 7.11 Å². The number of aliphatic hydroxyl groups is 1. The standard InChI is InChI=1S/C27H38N2O3/c1-31-26-18-22(19-28-27(14-15-27)23-10-6-5-7-11-23)12-13-25(26)32-21-24(30)20-29-16-8-3-2-4-9-17-29/h5-7,10-13,18,24,28,30H,2-4,8-9,14-17,19-21H2,1H3/t24-/m1/s1. The first-order valence-electron chi connectivity index (χ1n) is 12.2. The lowest BCUT2D eigenvalue weighted by atomic mass is 10.0. The van der Waals surface area contributed by atoms with Gasteiger partial charge in [-0.2, -0.15) is 0 Å². The van der Waals surface area contributed by atoms with Crippen LogP contribution >= 0.6 is 0 Å². The molecule has 1 heterocycles. The summed E-state index contributed by atoms with van der Waals surface area (Å²) in [5.74, 6) is 1.40. The molecule has 4 rings (SSSR count). The van der Waals surface area contributed by atoms with Crippen LogP contribution in [-0.4, -0.2) is 49.5 Å². The number of nitrogens with zero attached hydrogens (tertiary/aromatic N) is 1. The number of benzene rings is 2. The summed E-state index contributed by atoms with van der Waals surface area (Å²) in [6.45, 7) is 3.88. The van der Waals surface area contributed by atoms with Gasteiger partial charge in [-0.1, -0.05) is 55.7 Å². The summed E-state index contributed by atoms with van der Waals surface area (Å²) in [5.41, 5.74) is 2.64. The van der Waals surface area contributed by atoms with Gasteiger partial charge in [0.25, 0.3) is 0 Å². The Hall–Kier alpha value is -2.08. The smallest absolute Gasteiger partial charge is 0.161 e. The van der Waals surface area contributed by atoms with E-state index in [1.54, 1.807) is 7.11 Å². The highest BCUT2D eigenvalue weighted by molar-refractivity contribution is 5.43. The molecule has 0 spiro atoms. The number of aliphatic hydroxyl groups excluding tert-OH is 1. The second kappa shape index (κ2) is 11.2. The largest absolute Gasteiger partial charge is 0.493 e. The zero-order chi connectivity index (χ0) is 22.2. The molecule has 5 nitrogen and oxygen atoms in total. The molecular weight excluding hydrogens is 400 g/mol. The minimum absolute atomic E-state index is 0.111. The molecule has 1 aliphatic heterocycles. The number of β-amino-alcohol motifs (C(OH)–C–C–N with tert-alkyl or cyclic N) is 1. The van der Waals surface area contributed by atoms with Gasteiger partial charge in [0, 0.05) is 18.6 Å². The molecule has 32 heavy (non-hydrogen) atoms. The summed E-state index contributed by atoms with van der Waals surface area (Å²) < 4.78 is 11.5. The van der Waals surface area contributed by atoms with Gasteiger partial charge in [-0.15, -0.1) is 0 Å². The van der Waals surface area contributed by atoms with Crippen LogP contribution in [0.25, 0.3) is 0 Å². The molecule has 2 aromatic rings. The second-order valence-corrected chi connectivity index (χ2v) is 9.32. The van der Waals surface area contributed by atoms with E-state index in [0.29, 0.717) is 18.0 Å². The molecular formula is C27H38N2O3. The van der Waals surface area contributed by atoms with Crippen LogP contribution in [0, 0.1) is 0 Å². The Kier molecular flexibility index (Phi) is 8.06. The number of methoxy groups -OCH3 is 1. The van der Waals surface area contributed by atoms with Crippen molar-refractivity contribution >= 4 is 0 Å². The van der Waals surface area contributed by atoms with Gasteiger partial charge in [-0.25, -0.2) is 0 Å². The van der Waals surface area contributed by atoms with E-state index in [1.807, 2.05) is 12.1 Å². The van der Waals surface area contributed by atoms with E-state index >= 15 is 0 Å². The molecule has 2 fully saturated rings. The Labute approximate surface area is 192 Å². The molecule has 174 valence electrons. The molecule has 2 N–H and O–H groups in total. The maximum Gasteiger partial charge on any atom is 0.161 e. The van der Waals surface area contributed by atoms with Crippen molar-refractivity contribution < 1.29 is 14.6 Å². The second-order valence-electron chi connectivity index (χ2n) is 9.32. The lowest BCUT2D eigenvalue weighted by Crippen LogP contribution is -2.37. The van der Waals surface area contributed by atoms with Gasteiger partial charge in [0.1, 0.15) is 12.7 Å². The van der Waals surface area contributed by atoms with Gasteiger partial charge in [0.15, 0.2) is 11.5 Å². The number of nitrogens with one attached hydrogen (secondary N) is 1. The first-order chi connectivity index (χ1) is 15.7. The van der Waals surface area contributed by atoms with Crippen LogP contribution in [-0.2, 0) is 12.1 Å². The van der Waals surface area contributed by atoms with Crippen LogP contribution in [0.5, 0.6) is 11.5 Å². The van der Waals surface area contributed by atoms with Crippen molar-refractivity contribution in [2.75, 3.05) is 33.4 Å². The SMILES string of the molecule is COc1cc(CNC2(c3ccccc3)CC2)ccc1OC[C@H](O)CN1CCCCCCC1. The van der Waals surface area contributed by atoms with Gasteiger partial charge in [-0.05, 0) is 62.0 Å². The molecule has 2 aromatic carbocycles. The number of hydrogen-bond donors (Lipinski definition) is 2. The van der Waals surface area contributed by atoms with Crippen molar-refractivity contribution in [3.8, 4) is 11.5 Å². The van der Waals surface area contributed by atoms with Crippen molar-refractivity contribution in [1.82, 2.24) is 10.2 Å². The molecule has 1 aliphatic carbocycles. The normalized spacial score (nSPS) is 19.6. The van der Waals surface area contributed by atoms with Gasteiger partial charge < -0.3 is 24.8 Å². The average molecular weight is 439 g/mol. The van der Waals surface area contributed by atoms with E-state index in [1.165, 1.54) is 50.5 Å². The summed E-state index contributed by atoms with van der Waals surface area (Å²) >= 11 is 0. The summed E-state index contributed by atoms with van der Waals surface area (Å²) in [5, 5.41) is 14.3. The van der Waals surface area contributed by atoms with Crippen molar-refractivity contribution in [3.63, 3.8) is 0 Å². The first kappa shape index (κ1) is 23.1. The van der Waals surface area contributed by atoms with E-state index in [-0.39, 0.29) is 12.1 Å². The van der Waals surface area contributed by atoms with E-state index in [4.69, 9.17) is 9.47 Å². The Morgan fingerprint density at radius 3 is 2.38 bits per heavy atom. The lowest BCUT2D eigenvalue weighted by molar-refractivity contribution is 0.0645. The van der Waals surface area contributed by atoms with Crippen molar-refractivity contribution in [2.24, 2.45) is 0 Å². The zero-order valence-corrected chi connectivity index (χ0v) is 19.4. The molecule has 1 saturated heterocycles. The van der Waals surface area contributed by atoms with E-state index < -0.39 is 6.10 Å². The van der Waals surface area contributed by atoms with Gasteiger partial charge in [-0.3, -0.25) is 0 Å². The third-order valence-electron chi connectivity index (χ3n) is 6.78. The Morgan fingerprint density at radius 1 is 0.969 bits per heavy atom. The average Bonchev–Trinajstić information content (AvgIpc) is 3.60. The van der Waals surface area contributed by atoms with Gasteiger partial charge in [0.2, 0.25) is 0 Å². The predicted molar refractivity (Wildman–Crippen MR) is 128 cm³/mol. The molecule has 5 heteroatoms. The highest BCUT2D eigenvalue weighted by Gasteiger charge is 2.43. The molecule has 2 aliphatic rings. The first-order valence-corrected chi connectivity index (χ1v) is 12.2. The lowest BCUT2D eigenvalue weighted by Gasteiger charge is -2.26. The maximum atomic E-state index is 10.5.